The van der Waals surface area contributed by atoms with Gasteiger partial charge in [-0.25, -0.2) is 14.8 Å². The topological polar surface area (TPSA) is 122 Å². The van der Waals surface area contributed by atoms with Crippen LogP contribution in [0.1, 0.15) is 91.2 Å². The van der Waals surface area contributed by atoms with Gasteiger partial charge in [-0.05, 0) is 86.1 Å². The number of aliphatic carboxylic acids is 1. The number of nitrogens with zero attached hydrogens (tertiary/aromatic N) is 4. The van der Waals surface area contributed by atoms with Gasteiger partial charge < -0.3 is 20.5 Å². The number of fused-ring (bicyclic) bond motifs is 1. The molecule has 9 nitrogen and oxygen atoms in total. The fraction of sp³-hybridized carbons (Fsp3) is 0.486. The first-order chi connectivity index (χ1) is 24.6. The van der Waals surface area contributed by atoms with Gasteiger partial charge in [-0.15, -0.1) is 0 Å². The zero-order valence-electron chi connectivity index (χ0n) is 28.5. The SMILES string of the molecule is CCOC(=O)N1c2ccc(C(F)(F)F)cc2[C@@H](c2ncc(N3CCC(CC(=O)O)CC3)c(Cc3cc(C(F)(F)F)cc(C(F)(F)F)c3)n2)C[C@@]1(N)CC. The summed E-state index contributed by atoms with van der Waals surface area (Å²) >= 11 is 0. The summed E-state index contributed by atoms with van der Waals surface area (Å²) in [6, 6.07) is 3.83. The van der Waals surface area contributed by atoms with E-state index < -0.39 is 70.8 Å². The molecule has 0 bridgehead atoms. The summed E-state index contributed by atoms with van der Waals surface area (Å²) in [7, 11) is 0. The first-order valence-electron chi connectivity index (χ1n) is 16.7. The third-order valence-electron chi connectivity index (χ3n) is 9.65. The molecule has 1 aromatic heterocycles. The van der Waals surface area contributed by atoms with E-state index in [2.05, 4.69) is 9.97 Å². The highest BCUT2D eigenvalue weighted by atomic mass is 19.4. The maximum Gasteiger partial charge on any atom is 0.416 e. The lowest BCUT2D eigenvalue weighted by atomic mass is 9.80. The zero-order valence-corrected chi connectivity index (χ0v) is 28.5. The van der Waals surface area contributed by atoms with E-state index in [4.69, 9.17) is 10.5 Å². The van der Waals surface area contributed by atoms with E-state index in [0.29, 0.717) is 25.0 Å². The van der Waals surface area contributed by atoms with E-state index in [1.807, 2.05) is 0 Å². The molecule has 0 saturated carbocycles. The van der Waals surface area contributed by atoms with Crippen LogP contribution in [0.2, 0.25) is 0 Å². The number of benzene rings is 2. The fourth-order valence-corrected chi connectivity index (χ4v) is 6.94. The number of hydrogen-bond acceptors (Lipinski definition) is 7. The number of nitrogens with two attached hydrogens (primary N) is 1. The van der Waals surface area contributed by atoms with Crippen molar-refractivity contribution in [1.82, 2.24) is 9.97 Å². The van der Waals surface area contributed by atoms with Gasteiger partial charge in [0, 0.05) is 31.8 Å². The highest BCUT2D eigenvalue weighted by molar-refractivity contribution is 5.91. The average Bonchev–Trinajstić information content (AvgIpc) is 3.06. The van der Waals surface area contributed by atoms with Crippen LogP contribution in [0.5, 0.6) is 0 Å². The van der Waals surface area contributed by atoms with Crippen LogP contribution in [0.15, 0.2) is 42.6 Å². The number of carbonyl (C=O) groups excluding carboxylic acids is 1. The first-order valence-corrected chi connectivity index (χ1v) is 16.7. The van der Waals surface area contributed by atoms with Crippen molar-refractivity contribution in [3.05, 3.63) is 81.9 Å². The number of aromatic nitrogens is 2. The quantitative estimate of drug-likeness (QED) is 0.220. The van der Waals surface area contributed by atoms with E-state index in [-0.39, 0.29) is 79.4 Å². The summed E-state index contributed by atoms with van der Waals surface area (Å²) in [6.45, 7) is 3.65. The third kappa shape index (κ3) is 8.63. The number of carboxylic acids is 1. The molecule has 53 heavy (non-hydrogen) atoms. The van der Waals surface area contributed by atoms with Crippen molar-refractivity contribution >= 4 is 23.4 Å². The van der Waals surface area contributed by atoms with Crippen LogP contribution in [0, 0.1) is 5.92 Å². The van der Waals surface area contributed by atoms with Crippen LogP contribution in [0.25, 0.3) is 0 Å². The molecule has 1 saturated heterocycles. The van der Waals surface area contributed by atoms with Crippen LogP contribution in [0.4, 0.5) is 55.7 Å². The number of anilines is 2. The molecule has 0 radical (unpaired) electrons. The van der Waals surface area contributed by atoms with Gasteiger partial charge in [0.25, 0.3) is 0 Å². The zero-order chi connectivity index (χ0) is 39.1. The number of alkyl halides is 9. The third-order valence-corrected chi connectivity index (χ3v) is 9.65. The maximum absolute atomic E-state index is 14.0. The molecule has 2 aliphatic heterocycles. The summed E-state index contributed by atoms with van der Waals surface area (Å²) in [5.74, 6) is -2.42. The second-order valence-corrected chi connectivity index (χ2v) is 13.2. The van der Waals surface area contributed by atoms with Gasteiger partial charge in [-0.2, -0.15) is 39.5 Å². The number of hydrogen-bond donors (Lipinski definition) is 2. The second kappa shape index (κ2) is 14.7. The van der Waals surface area contributed by atoms with Crippen molar-refractivity contribution in [3.63, 3.8) is 0 Å². The first kappa shape index (κ1) is 39.6. The Labute approximate surface area is 297 Å². The van der Waals surface area contributed by atoms with Crippen LogP contribution < -0.4 is 15.5 Å². The van der Waals surface area contributed by atoms with Gasteiger partial charge in [-0.3, -0.25) is 9.69 Å². The minimum absolute atomic E-state index is 0.00111. The van der Waals surface area contributed by atoms with E-state index >= 15 is 0 Å². The Kier molecular flexibility index (Phi) is 11.0. The molecule has 0 aliphatic carbocycles. The van der Waals surface area contributed by atoms with Gasteiger partial charge in [0.2, 0.25) is 0 Å². The van der Waals surface area contributed by atoms with E-state index in [9.17, 15) is 54.2 Å². The van der Waals surface area contributed by atoms with E-state index in [1.54, 1.807) is 11.8 Å². The number of amides is 1. The molecule has 0 spiro atoms. The van der Waals surface area contributed by atoms with Gasteiger partial charge in [-0.1, -0.05) is 6.92 Å². The van der Waals surface area contributed by atoms with Crippen molar-refractivity contribution in [1.29, 1.82) is 0 Å². The Morgan fingerprint density at radius 2 is 1.51 bits per heavy atom. The molecule has 1 fully saturated rings. The molecule has 5 rings (SSSR count). The standard InChI is InChI=1S/C35H36F9N5O4/c1-3-32(45)17-25(24-16-21(33(36,37)38)5-6-27(24)49(32)31(52)53-4-2)30-46-18-28(48-9-7-19(8-10-48)14-29(50)51)26(47-30)13-20-11-22(34(39,40)41)15-23(12-20)35(42,43)44/h5-6,11-12,15-16,18-19,25H,3-4,7-10,13-14,17,45H2,1-2H3,(H,50,51)/t25-,32+/m0/s1. The summed E-state index contributed by atoms with van der Waals surface area (Å²) in [4.78, 5) is 36.4. The number of piperidine rings is 1. The molecule has 2 aliphatic rings. The van der Waals surface area contributed by atoms with Gasteiger partial charge in [0.15, 0.2) is 0 Å². The molecule has 3 N–H and O–H groups in total. The van der Waals surface area contributed by atoms with Crippen molar-refractivity contribution in [2.75, 3.05) is 29.5 Å². The maximum atomic E-state index is 14.0. The average molecular weight is 762 g/mol. The van der Waals surface area contributed by atoms with Gasteiger partial charge in [0.05, 0.1) is 46.6 Å². The molecule has 1 amide bonds. The summed E-state index contributed by atoms with van der Waals surface area (Å²) < 4.78 is 130. The van der Waals surface area contributed by atoms with Crippen LogP contribution >= 0.6 is 0 Å². The minimum Gasteiger partial charge on any atom is -0.481 e. The molecule has 3 heterocycles. The molecular formula is C35H36F9N5O4. The molecular weight excluding hydrogens is 725 g/mol. The summed E-state index contributed by atoms with van der Waals surface area (Å²) in [5, 5.41) is 9.24. The van der Waals surface area contributed by atoms with Crippen molar-refractivity contribution < 1.29 is 58.9 Å². The number of halogens is 9. The number of ether oxygens (including phenoxy) is 1. The van der Waals surface area contributed by atoms with Crippen molar-refractivity contribution in [2.45, 2.75) is 82.5 Å². The molecule has 2 atom stereocenters. The molecule has 18 heteroatoms. The summed E-state index contributed by atoms with van der Waals surface area (Å²) in [5.41, 5.74) is 0.857. The van der Waals surface area contributed by atoms with E-state index in [0.717, 1.165) is 23.1 Å². The Morgan fingerprint density at radius 3 is 2.04 bits per heavy atom. The Bertz CT molecular complexity index is 1810. The molecule has 288 valence electrons. The number of carbonyl (C=O) groups is 2. The van der Waals surface area contributed by atoms with Crippen LogP contribution in [-0.2, 0) is 34.5 Å². The largest absolute Gasteiger partial charge is 0.481 e. The Hall–Kier alpha value is -4.61. The van der Waals surface area contributed by atoms with Gasteiger partial charge >= 0.3 is 30.6 Å². The molecule has 3 aromatic rings. The lowest BCUT2D eigenvalue weighted by molar-refractivity contribution is -0.143. The lowest BCUT2D eigenvalue weighted by Crippen LogP contribution is -2.61. The fourth-order valence-electron chi connectivity index (χ4n) is 6.94. The number of rotatable bonds is 8. The highest BCUT2D eigenvalue weighted by Crippen LogP contribution is 2.48. The molecule has 0 unspecified atom stereocenters. The van der Waals surface area contributed by atoms with Crippen LogP contribution in [-0.4, -0.2) is 52.5 Å². The van der Waals surface area contributed by atoms with Crippen molar-refractivity contribution in [3.8, 4) is 0 Å². The normalized spacial score (nSPS) is 20.0. The second-order valence-electron chi connectivity index (χ2n) is 13.2. The predicted octanol–water partition coefficient (Wildman–Crippen LogP) is 8.38. The Morgan fingerprint density at radius 1 is 0.906 bits per heavy atom. The minimum atomic E-state index is -5.13. The Balaban J connectivity index is 1.68. The molecule has 2 aromatic carbocycles. The monoisotopic (exact) mass is 761 g/mol. The number of carboxylic acid groups (broad SMARTS) is 1. The lowest BCUT2D eigenvalue weighted by Gasteiger charge is -2.46. The van der Waals surface area contributed by atoms with E-state index in [1.165, 1.54) is 13.1 Å². The highest BCUT2D eigenvalue weighted by Gasteiger charge is 2.47. The smallest absolute Gasteiger partial charge is 0.416 e. The van der Waals surface area contributed by atoms with Crippen molar-refractivity contribution in [2.24, 2.45) is 11.7 Å². The van der Waals surface area contributed by atoms with Gasteiger partial charge in [0.1, 0.15) is 11.5 Å². The summed E-state index contributed by atoms with van der Waals surface area (Å²) in [6.07, 6.45) is -14.7. The predicted molar refractivity (Wildman–Crippen MR) is 173 cm³/mol. The van der Waals surface area contributed by atoms with Crippen LogP contribution in [0.3, 0.4) is 0 Å².